The van der Waals surface area contributed by atoms with Crippen LogP contribution in [0.5, 0.6) is 0 Å². The number of aliphatic imine (C=N–C) groups is 1. The summed E-state index contributed by atoms with van der Waals surface area (Å²) < 4.78 is 49.3. The fourth-order valence-electron chi connectivity index (χ4n) is 1.83. The molecule has 120 valence electrons. The first-order valence-electron chi connectivity index (χ1n) is 6.18. The molecule has 0 bridgehead atoms. The van der Waals surface area contributed by atoms with Gasteiger partial charge in [-0.25, -0.2) is 9.79 Å². The Balaban J connectivity index is 2.46. The molecule has 1 aliphatic rings. The number of hydrogen-bond acceptors (Lipinski definition) is 5. The number of carbonyl (C=O) groups is 1. The maximum atomic E-state index is 13.1. The summed E-state index contributed by atoms with van der Waals surface area (Å²) in [6.07, 6.45) is -7.51. The van der Waals surface area contributed by atoms with Crippen LogP contribution in [0, 0.1) is 0 Å². The predicted molar refractivity (Wildman–Crippen MR) is 73.2 cm³/mol. The van der Waals surface area contributed by atoms with Crippen LogP contribution < -0.4 is 0 Å². The van der Waals surface area contributed by atoms with Gasteiger partial charge < -0.3 is 14.6 Å². The standard InChI is InChI=1S/C13H11BrF3NO4/c1-2-21-11(19)9-12(20,13(15,16)17)18-10(22-9)7-5-3-4-6-8(7)14/h3-6,9,20H,2H2,1H3/t9-,12-/m0/s1. The van der Waals surface area contributed by atoms with Crippen LogP contribution in [0.1, 0.15) is 12.5 Å². The van der Waals surface area contributed by atoms with E-state index in [0.717, 1.165) is 0 Å². The van der Waals surface area contributed by atoms with Crippen molar-refractivity contribution in [3.63, 3.8) is 0 Å². The first-order valence-corrected chi connectivity index (χ1v) is 6.97. The summed E-state index contributed by atoms with van der Waals surface area (Å²) in [4.78, 5) is 14.9. The second-order valence-electron chi connectivity index (χ2n) is 4.37. The van der Waals surface area contributed by atoms with Crippen molar-refractivity contribution < 1.29 is 32.5 Å². The molecule has 1 aliphatic heterocycles. The van der Waals surface area contributed by atoms with Gasteiger partial charge in [-0.1, -0.05) is 12.1 Å². The zero-order valence-electron chi connectivity index (χ0n) is 11.2. The van der Waals surface area contributed by atoms with Crippen LogP contribution in [-0.2, 0) is 14.3 Å². The highest BCUT2D eigenvalue weighted by atomic mass is 79.9. The molecule has 1 aromatic carbocycles. The molecule has 2 rings (SSSR count). The third-order valence-corrected chi connectivity index (χ3v) is 3.58. The lowest BCUT2D eigenvalue weighted by Crippen LogP contribution is -2.54. The number of nitrogens with zero attached hydrogens (tertiary/aromatic N) is 1. The zero-order valence-corrected chi connectivity index (χ0v) is 12.8. The molecule has 0 unspecified atom stereocenters. The molecule has 0 spiro atoms. The van der Waals surface area contributed by atoms with E-state index in [1.807, 2.05) is 0 Å². The summed E-state index contributed by atoms with van der Waals surface area (Å²) in [5.74, 6) is -1.83. The number of esters is 1. The first kappa shape index (κ1) is 16.8. The van der Waals surface area contributed by atoms with Crippen LogP contribution in [0.3, 0.4) is 0 Å². The minimum absolute atomic E-state index is 0.156. The average molecular weight is 382 g/mol. The molecule has 22 heavy (non-hydrogen) atoms. The average Bonchev–Trinajstić information content (AvgIpc) is 2.78. The summed E-state index contributed by atoms with van der Waals surface area (Å²) >= 11 is 3.14. The molecule has 0 saturated carbocycles. The van der Waals surface area contributed by atoms with E-state index < -0.39 is 29.9 Å². The van der Waals surface area contributed by atoms with Crippen molar-refractivity contribution in [1.29, 1.82) is 0 Å². The minimum Gasteiger partial charge on any atom is -0.463 e. The molecule has 9 heteroatoms. The van der Waals surface area contributed by atoms with E-state index in [2.05, 4.69) is 25.7 Å². The SMILES string of the molecule is CCOC(=O)[C@@H]1OC(c2ccccc2Br)=N[C@@]1(O)C(F)(F)F. The summed E-state index contributed by atoms with van der Waals surface area (Å²) in [7, 11) is 0. The number of alkyl halides is 3. The van der Waals surface area contributed by atoms with Crippen molar-refractivity contribution in [3.05, 3.63) is 34.3 Å². The zero-order chi connectivity index (χ0) is 16.5. The fourth-order valence-corrected chi connectivity index (χ4v) is 2.29. The van der Waals surface area contributed by atoms with Gasteiger partial charge in [-0.2, -0.15) is 13.2 Å². The second kappa shape index (κ2) is 5.88. The normalized spacial score (nSPS) is 24.6. The van der Waals surface area contributed by atoms with Crippen LogP contribution in [-0.4, -0.2) is 41.6 Å². The monoisotopic (exact) mass is 381 g/mol. The molecule has 5 nitrogen and oxygen atoms in total. The number of hydrogen-bond donors (Lipinski definition) is 1. The maximum absolute atomic E-state index is 13.1. The van der Waals surface area contributed by atoms with Crippen LogP contribution >= 0.6 is 15.9 Å². The van der Waals surface area contributed by atoms with Crippen molar-refractivity contribution in [1.82, 2.24) is 0 Å². The topological polar surface area (TPSA) is 68.1 Å². The molecule has 0 amide bonds. The Morgan fingerprint density at radius 1 is 1.50 bits per heavy atom. The second-order valence-corrected chi connectivity index (χ2v) is 5.22. The van der Waals surface area contributed by atoms with Gasteiger partial charge >= 0.3 is 17.9 Å². The number of carbonyl (C=O) groups excluding carboxylic acids is 1. The van der Waals surface area contributed by atoms with E-state index in [4.69, 9.17) is 4.74 Å². The number of halogens is 4. The van der Waals surface area contributed by atoms with Gasteiger partial charge in [-0.15, -0.1) is 0 Å². The quantitative estimate of drug-likeness (QED) is 0.816. The van der Waals surface area contributed by atoms with E-state index >= 15 is 0 Å². The number of ether oxygens (including phenoxy) is 2. The third-order valence-electron chi connectivity index (χ3n) is 2.89. The molecule has 1 aromatic rings. The van der Waals surface area contributed by atoms with E-state index in [9.17, 15) is 23.1 Å². The molecule has 0 radical (unpaired) electrons. The predicted octanol–water partition coefficient (Wildman–Crippen LogP) is 2.41. The summed E-state index contributed by atoms with van der Waals surface area (Å²) in [6, 6.07) is 6.19. The summed E-state index contributed by atoms with van der Waals surface area (Å²) in [5.41, 5.74) is -3.51. The Bertz CT molecular complexity index is 620. The van der Waals surface area contributed by atoms with Crippen molar-refractivity contribution in [3.8, 4) is 0 Å². The Kier molecular flexibility index (Phi) is 4.48. The Labute approximate surface area is 131 Å². The third kappa shape index (κ3) is 2.82. The molecule has 2 atom stereocenters. The van der Waals surface area contributed by atoms with E-state index in [1.165, 1.54) is 13.0 Å². The van der Waals surface area contributed by atoms with Crippen molar-refractivity contribution in [2.24, 2.45) is 4.99 Å². The molecule has 0 aromatic heterocycles. The lowest BCUT2D eigenvalue weighted by molar-refractivity contribution is -0.276. The van der Waals surface area contributed by atoms with Crippen molar-refractivity contribution in [2.45, 2.75) is 24.9 Å². The number of benzene rings is 1. The highest BCUT2D eigenvalue weighted by Gasteiger charge is 2.67. The van der Waals surface area contributed by atoms with E-state index in [1.54, 1.807) is 18.2 Å². The molecule has 0 saturated heterocycles. The largest absolute Gasteiger partial charge is 0.463 e. The number of rotatable bonds is 3. The van der Waals surface area contributed by atoms with E-state index in [0.29, 0.717) is 4.47 Å². The van der Waals surface area contributed by atoms with Gasteiger partial charge in [0.2, 0.25) is 5.90 Å². The van der Waals surface area contributed by atoms with Crippen LogP contribution in [0.4, 0.5) is 13.2 Å². The minimum atomic E-state index is -5.20. The van der Waals surface area contributed by atoms with Crippen molar-refractivity contribution in [2.75, 3.05) is 6.61 Å². The first-order chi connectivity index (χ1) is 10.2. The smallest absolute Gasteiger partial charge is 0.443 e. The summed E-state index contributed by atoms with van der Waals surface area (Å²) in [6.45, 7) is 1.27. The Morgan fingerprint density at radius 2 is 2.14 bits per heavy atom. The highest BCUT2D eigenvalue weighted by Crippen LogP contribution is 2.41. The van der Waals surface area contributed by atoms with Crippen LogP contribution in [0.15, 0.2) is 33.7 Å². The van der Waals surface area contributed by atoms with Gasteiger partial charge in [0.1, 0.15) is 0 Å². The van der Waals surface area contributed by atoms with Gasteiger partial charge in [0, 0.05) is 4.47 Å². The van der Waals surface area contributed by atoms with Crippen molar-refractivity contribution >= 4 is 27.8 Å². The van der Waals surface area contributed by atoms with Gasteiger partial charge in [0.05, 0.1) is 12.2 Å². The van der Waals surface area contributed by atoms with Gasteiger partial charge in [-0.05, 0) is 35.0 Å². The van der Waals surface area contributed by atoms with Gasteiger partial charge in [-0.3, -0.25) is 0 Å². The van der Waals surface area contributed by atoms with E-state index in [-0.39, 0.29) is 12.2 Å². The fraction of sp³-hybridized carbons (Fsp3) is 0.385. The molecule has 0 aliphatic carbocycles. The maximum Gasteiger partial charge on any atom is 0.443 e. The Hall–Kier alpha value is -1.61. The highest BCUT2D eigenvalue weighted by molar-refractivity contribution is 9.10. The molecular weight excluding hydrogens is 371 g/mol. The summed E-state index contributed by atoms with van der Waals surface area (Å²) in [5, 5.41) is 9.85. The van der Waals surface area contributed by atoms with Gasteiger partial charge in [0.25, 0.3) is 6.10 Å². The number of aliphatic hydroxyl groups is 1. The molecule has 1 N–H and O–H groups in total. The van der Waals surface area contributed by atoms with Gasteiger partial charge in [0.15, 0.2) is 0 Å². The lowest BCUT2D eigenvalue weighted by Gasteiger charge is -2.26. The van der Waals surface area contributed by atoms with Crippen LogP contribution in [0.25, 0.3) is 0 Å². The van der Waals surface area contributed by atoms with Crippen LogP contribution in [0.2, 0.25) is 0 Å². The Morgan fingerprint density at radius 3 is 2.68 bits per heavy atom. The molecule has 1 heterocycles. The molecule has 0 fully saturated rings. The molecular formula is C13H11BrF3NO4. The lowest BCUT2D eigenvalue weighted by atomic mass is 10.1.